The van der Waals surface area contributed by atoms with Crippen molar-refractivity contribution in [3.63, 3.8) is 0 Å². The second kappa shape index (κ2) is 4.19. The Labute approximate surface area is 94.3 Å². The Hall–Kier alpha value is -1.09. The van der Waals surface area contributed by atoms with E-state index in [1.807, 2.05) is 0 Å². The van der Waals surface area contributed by atoms with E-state index >= 15 is 0 Å². The second-order valence-electron chi connectivity index (χ2n) is 3.94. The van der Waals surface area contributed by atoms with Crippen LogP contribution in [0.25, 0.3) is 10.2 Å². The zero-order valence-electron chi connectivity index (χ0n) is 9.37. The molecule has 3 heteroatoms. The van der Waals surface area contributed by atoms with Crippen LogP contribution in [0.5, 0.6) is 0 Å². The third-order valence-corrected chi connectivity index (χ3v) is 3.49. The van der Waals surface area contributed by atoms with Gasteiger partial charge >= 0.3 is 0 Å². The van der Waals surface area contributed by atoms with E-state index < -0.39 is 0 Å². The minimum absolute atomic E-state index is 0.492. The van der Waals surface area contributed by atoms with Crippen LogP contribution in [0, 0.1) is 6.92 Å². The number of hydrogen-bond acceptors (Lipinski definition) is 3. The first kappa shape index (κ1) is 10.4. The van der Waals surface area contributed by atoms with E-state index in [9.17, 15) is 0 Å². The topological polar surface area (TPSA) is 24.9 Å². The molecule has 15 heavy (non-hydrogen) atoms. The number of thiazole rings is 1. The summed E-state index contributed by atoms with van der Waals surface area (Å²) >= 11 is 1.73. The minimum atomic E-state index is 0.492. The number of anilines is 1. The number of aryl methyl sites for hydroxylation is 1. The van der Waals surface area contributed by atoms with Gasteiger partial charge in [0, 0.05) is 6.04 Å². The van der Waals surface area contributed by atoms with Gasteiger partial charge in [0.2, 0.25) is 0 Å². The Morgan fingerprint density at radius 3 is 3.00 bits per heavy atom. The largest absolute Gasteiger partial charge is 0.359 e. The van der Waals surface area contributed by atoms with Crippen molar-refractivity contribution in [2.24, 2.45) is 0 Å². The highest BCUT2D eigenvalue weighted by molar-refractivity contribution is 7.22. The van der Waals surface area contributed by atoms with Crippen LogP contribution < -0.4 is 5.32 Å². The van der Waals surface area contributed by atoms with Crippen LogP contribution in [0.2, 0.25) is 0 Å². The van der Waals surface area contributed by atoms with E-state index in [0.29, 0.717) is 6.04 Å². The van der Waals surface area contributed by atoms with Gasteiger partial charge in [-0.05, 0) is 38.0 Å². The first-order chi connectivity index (χ1) is 7.19. The Morgan fingerprint density at radius 2 is 2.27 bits per heavy atom. The molecule has 0 amide bonds. The number of hydrogen-bond donors (Lipinski definition) is 1. The van der Waals surface area contributed by atoms with E-state index in [1.165, 1.54) is 10.3 Å². The average molecular weight is 220 g/mol. The van der Waals surface area contributed by atoms with Gasteiger partial charge in [-0.2, -0.15) is 0 Å². The smallest absolute Gasteiger partial charge is 0.183 e. The molecule has 0 saturated carbocycles. The molecule has 1 aromatic heterocycles. The highest BCUT2D eigenvalue weighted by Gasteiger charge is 2.05. The third-order valence-electron chi connectivity index (χ3n) is 2.53. The fourth-order valence-corrected chi connectivity index (χ4v) is 2.37. The van der Waals surface area contributed by atoms with Crippen molar-refractivity contribution < 1.29 is 0 Å². The molecule has 0 aliphatic heterocycles. The molecule has 1 heterocycles. The van der Waals surface area contributed by atoms with Crippen LogP contribution in [-0.4, -0.2) is 11.0 Å². The molecule has 2 nitrogen and oxygen atoms in total. The van der Waals surface area contributed by atoms with Crippen LogP contribution in [0.15, 0.2) is 18.2 Å². The Morgan fingerprint density at radius 1 is 1.47 bits per heavy atom. The highest BCUT2D eigenvalue weighted by atomic mass is 32.1. The lowest BCUT2D eigenvalue weighted by Gasteiger charge is -2.08. The summed E-state index contributed by atoms with van der Waals surface area (Å²) in [7, 11) is 0. The average Bonchev–Trinajstić information content (AvgIpc) is 2.59. The maximum atomic E-state index is 4.57. The number of aromatic nitrogens is 1. The Balaban J connectivity index is 2.30. The lowest BCUT2D eigenvalue weighted by atomic mass is 10.2. The zero-order valence-corrected chi connectivity index (χ0v) is 10.2. The maximum absolute atomic E-state index is 4.57. The molecule has 2 rings (SSSR count). The number of benzene rings is 1. The standard InChI is InChI=1S/C12H16N2S/c1-4-9(3)13-12-14-10-7-8(2)5-6-11(10)15-12/h5-7,9H,4H2,1-3H3,(H,13,14). The van der Waals surface area contributed by atoms with Crippen molar-refractivity contribution in [1.82, 2.24) is 4.98 Å². The number of nitrogens with zero attached hydrogens (tertiary/aromatic N) is 1. The third kappa shape index (κ3) is 2.29. The van der Waals surface area contributed by atoms with Gasteiger partial charge < -0.3 is 5.32 Å². The molecule has 1 N–H and O–H groups in total. The number of nitrogens with one attached hydrogen (secondary N) is 1. The van der Waals surface area contributed by atoms with Gasteiger partial charge in [-0.1, -0.05) is 24.3 Å². The molecule has 0 spiro atoms. The van der Waals surface area contributed by atoms with E-state index in [2.05, 4.69) is 49.3 Å². The molecule has 80 valence electrons. The van der Waals surface area contributed by atoms with Gasteiger partial charge in [-0.3, -0.25) is 0 Å². The van der Waals surface area contributed by atoms with Crippen LogP contribution >= 0.6 is 11.3 Å². The van der Waals surface area contributed by atoms with Crippen molar-refractivity contribution in [3.8, 4) is 0 Å². The summed E-state index contributed by atoms with van der Waals surface area (Å²) < 4.78 is 1.26. The molecule has 1 aromatic carbocycles. The minimum Gasteiger partial charge on any atom is -0.359 e. The van der Waals surface area contributed by atoms with Gasteiger partial charge in [0.15, 0.2) is 5.13 Å². The summed E-state index contributed by atoms with van der Waals surface area (Å²) in [5, 5.41) is 4.44. The highest BCUT2D eigenvalue weighted by Crippen LogP contribution is 2.27. The molecule has 2 aromatic rings. The molecule has 1 atom stereocenters. The fourth-order valence-electron chi connectivity index (χ4n) is 1.41. The molecule has 0 aliphatic carbocycles. The summed E-state index contributed by atoms with van der Waals surface area (Å²) in [5.41, 5.74) is 2.37. The summed E-state index contributed by atoms with van der Waals surface area (Å²) in [6.45, 7) is 6.45. The van der Waals surface area contributed by atoms with Gasteiger partial charge in [0.1, 0.15) is 0 Å². The van der Waals surface area contributed by atoms with E-state index in [1.54, 1.807) is 11.3 Å². The molecule has 0 saturated heterocycles. The number of rotatable bonds is 3. The summed E-state index contributed by atoms with van der Waals surface area (Å²) in [5.74, 6) is 0. The normalized spacial score (nSPS) is 13.0. The van der Waals surface area contributed by atoms with Gasteiger partial charge in [0.05, 0.1) is 10.2 Å². The lowest BCUT2D eigenvalue weighted by Crippen LogP contribution is -2.12. The van der Waals surface area contributed by atoms with Crippen LogP contribution in [-0.2, 0) is 0 Å². The predicted molar refractivity (Wildman–Crippen MR) is 67.7 cm³/mol. The molecule has 0 fully saturated rings. The second-order valence-corrected chi connectivity index (χ2v) is 4.97. The van der Waals surface area contributed by atoms with E-state index in [4.69, 9.17) is 0 Å². The van der Waals surface area contributed by atoms with Crippen molar-refractivity contribution in [3.05, 3.63) is 23.8 Å². The molecular weight excluding hydrogens is 204 g/mol. The van der Waals surface area contributed by atoms with Crippen molar-refractivity contribution in [2.45, 2.75) is 33.2 Å². The van der Waals surface area contributed by atoms with Crippen molar-refractivity contribution >= 4 is 26.7 Å². The summed E-state index contributed by atoms with van der Waals surface area (Å²) in [4.78, 5) is 4.57. The number of fused-ring (bicyclic) bond motifs is 1. The van der Waals surface area contributed by atoms with E-state index in [-0.39, 0.29) is 0 Å². The first-order valence-corrected chi connectivity index (χ1v) is 6.14. The van der Waals surface area contributed by atoms with Gasteiger partial charge in [-0.15, -0.1) is 0 Å². The Kier molecular flexibility index (Phi) is 2.91. The van der Waals surface area contributed by atoms with Crippen molar-refractivity contribution in [1.29, 1.82) is 0 Å². The van der Waals surface area contributed by atoms with Gasteiger partial charge in [-0.25, -0.2) is 4.98 Å². The molecular formula is C12H16N2S. The zero-order chi connectivity index (χ0) is 10.8. The van der Waals surface area contributed by atoms with Crippen LogP contribution in [0.1, 0.15) is 25.8 Å². The first-order valence-electron chi connectivity index (χ1n) is 5.32. The molecule has 0 aliphatic rings. The fraction of sp³-hybridized carbons (Fsp3) is 0.417. The molecule has 1 unspecified atom stereocenters. The SMILES string of the molecule is CCC(C)Nc1nc2cc(C)ccc2s1. The molecule has 0 bridgehead atoms. The summed E-state index contributed by atoms with van der Waals surface area (Å²) in [6.07, 6.45) is 1.12. The van der Waals surface area contributed by atoms with E-state index in [0.717, 1.165) is 17.1 Å². The van der Waals surface area contributed by atoms with Crippen molar-refractivity contribution in [2.75, 3.05) is 5.32 Å². The van der Waals surface area contributed by atoms with Gasteiger partial charge in [0.25, 0.3) is 0 Å². The van der Waals surface area contributed by atoms with Crippen LogP contribution in [0.3, 0.4) is 0 Å². The lowest BCUT2D eigenvalue weighted by molar-refractivity contribution is 0.763. The molecule has 0 radical (unpaired) electrons. The Bertz CT molecular complexity index is 462. The predicted octanol–water partition coefficient (Wildman–Crippen LogP) is 3.82. The quantitative estimate of drug-likeness (QED) is 0.850. The maximum Gasteiger partial charge on any atom is 0.183 e. The van der Waals surface area contributed by atoms with Crippen LogP contribution in [0.4, 0.5) is 5.13 Å². The monoisotopic (exact) mass is 220 g/mol. The summed E-state index contributed by atoms with van der Waals surface area (Å²) in [6, 6.07) is 6.90.